The number of halogens is 4. The summed E-state index contributed by atoms with van der Waals surface area (Å²) in [5, 5.41) is 7.83. The number of ether oxygens (including phenoxy) is 2. The normalized spacial score (nSPS) is 31.6. The van der Waals surface area contributed by atoms with Crippen LogP contribution in [0.1, 0.15) is 43.1 Å². The second-order valence-electron chi connectivity index (χ2n) is 5.50. The topological polar surface area (TPSA) is 83.4 Å². The first-order valence-corrected chi connectivity index (χ1v) is 6.83. The fraction of sp³-hybridized carbons (Fsp3) is 0.833. The highest BCUT2D eigenvalue weighted by atomic mass is 35.5. The SMILES string of the molecule is Cl.N[C@@H]1CC[C@@H](c2nnc(C3CC3COC(F)(F)F)o2)OC1. The molecule has 2 N–H and O–H groups in total. The number of hydrogen-bond donors (Lipinski definition) is 1. The molecular weight excluding hydrogens is 327 g/mol. The quantitative estimate of drug-likeness (QED) is 0.903. The van der Waals surface area contributed by atoms with Gasteiger partial charge in [-0.15, -0.1) is 35.8 Å². The molecule has 1 saturated heterocycles. The van der Waals surface area contributed by atoms with E-state index < -0.39 is 6.36 Å². The Hall–Kier alpha value is -0.900. The summed E-state index contributed by atoms with van der Waals surface area (Å²) in [6.45, 7) is 0.0640. The van der Waals surface area contributed by atoms with Crippen molar-refractivity contribution in [1.82, 2.24) is 10.2 Å². The van der Waals surface area contributed by atoms with Gasteiger partial charge in [0, 0.05) is 12.0 Å². The van der Waals surface area contributed by atoms with Crippen LogP contribution in [0.25, 0.3) is 0 Å². The molecule has 10 heteroatoms. The Kier molecular flexibility index (Phi) is 5.31. The lowest BCUT2D eigenvalue weighted by Gasteiger charge is -2.24. The van der Waals surface area contributed by atoms with E-state index in [0.29, 0.717) is 31.2 Å². The summed E-state index contributed by atoms with van der Waals surface area (Å²) in [4.78, 5) is 0. The maximum Gasteiger partial charge on any atom is 0.522 e. The molecule has 0 amide bonds. The molecule has 1 aliphatic carbocycles. The summed E-state index contributed by atoms with van der Waals surface area (Å²) < 4.78 is 50.7. The Labute approximate surface area is 130 Å². The van der Waals surface area contributed by atoms with E-state index in [0.717, 1.165) is 6.42 Å². The van der Waals surface area contributed by atoms with Crippen LogP contribution in [0.3, 0.4) is 0 Å². The zero-order valence-corrected chi connectivity index (χ0v) is 12.4. The highest BCUT2D eigenvalue weighted by Gasteiger charge is 2.45. The average molecular weight is 344 g/mol. The molecule has 6 nitrogen and oxygen atoms in total. The van der Waals surface area contributed by atoms with Gasteiger partial charge in [-0.1, -0.05) is 0 Å². The first-order valence-electron chi connectivity index (χ1n) is 6.83. The van der Waals surface area contributed by atoms with Gasteiger partial charge in [-0.05, 0) is 25.2 Å². The molecule has 0 spiro atoms. The molecule has 1 aliphatic heterocycles. The third kappa shape index (κ3) is 4.31. The average Bonchev–Trinajstić information content (AvgIpc) is 3.04. The molecule has 22 heavy (non-hydrogen) atoms. The number of nitrogens with zero attached hydrogens (tertiary/aromatic N) is 2. The van der Waals surface area contributed by atoms with Crippen LogP contribution >= 0.6 is 12.4 Å². The maximum absolute atomic E-state index is 12.0. The van der Waals surface area contributed by atoms with E-state index >= 15 is 0 Å². The van der Waals surface area contributed by atoms with Crippen molar-refractivity contribution in [3.05, 3.63) is 11.8 Å². The Morgan fingerprint density at radius 3 is 2.59 bits per heavy atom. The zero-order valence-electron chi connectivity index (χ0n) is 11.6. The van der Waals surface area contributed by atoms with Gasteiger partial charge in [0.2, 0.25) is 11.8 Å². The van der Waals surface area contributed by atoms with E-state index in [1.54, 1.807) is 0 Å². The lowest BCUT2D eigenvalue weighted by Crippen LogP contribution is -2.32. The standard InChI is InChI=1S/C12H16F3N3O3.ClH/c13-12(14,15)20-4-6-3-8(6)10-17-18-11(21-10)9-2-1-7(16)5-19-9;/h6-9H,1-5,16H2;1H/t6?,7-,8?,9+;/m1./s1. The predicted molar refractivity (Wildman–Crippen MR) is 70.3 cm³/mol. The molecule has 1 aromatic heterocycles. The Balaban J connectivity index is 0.00000176. The third-order valence-corrected chi connectivity index (χ3v) is 3.74. The molecule has 3 rings (SSSR count). The van der Waals surface area contributed by atoms with Gasteiger partial charge in [0.25, 0.3) is 0 Å². The van der Waals surface area contributed by atoms with Gasteiger partial charge in [-0.2, -0.15) is 0 Å². The van der Waals surface area contributed by atoms with Gasteiger partial charge in [-0.3, -0.25) is 4.74 Å². The van der Waals surface area contributed by atoms with Crippen molar-refractivity contribution in [2.45, 2.75) is 43.7 Å². The number of alkyl halides is 3. The van der Waals surface area contributed by atoms with Crippen LogP contribution in [0.4, 0.5) is 13.2 Å². The molecule has 1 saturated carbocycles. The summed E-state index contributed by atoms with van der Waals surface area (Å²) in [5.74, 6) is 0.360. The number of aromatic nitrogens is 2. The van der Waals surface area contributed by atoms with Crippen LogP contribution in [0.2, 0.25) is 0 Å². The number of rotatable bonds is 4. The van der Waals surface area contributed by atoms with E-state index in [1.165, 1.54) is 0 Å². The van der Waals surface area contributed by atoms with Crippen molar-refractivity contribution in [1.29, 1.82) is 0 Å². The van der Waals surface area contributed by atoms with Crippen LogP contribution in [0.5, 0.6) is 0 Å². The van der Waals surface area contributed by atoms with Gasteiger partial charge in [0.05, 0.1) is 13.2 Å². The van der Waals surface area contributed by atoms with Gasteiger partial charge in [0.15, 0.2) is 0 Å². The second-order valence-corrected chi connectivity index (χ2v) is 5.50. The molecule has 0 bridgehead atoms. The van der Waals surface area contributed by atoms with E-state index in [-0.39, 0.29) is 43.0 Å². The van der Waals surface area contributed by atoms with E-state index in [2.05, 4.69) is 14.9 Å². The van der Waals surface area contributed by atoms with Crippen molar-refractivity contribution >= 4 is 12.4 Å². The molecule has 1 aromatic rings. The Morgan fingerprint density at radius 2 is 1.95 bits per heavy atom. The predicted octanol–water partition coefficient (Wildman–Crippen LogP) is 2.31. The largest absolute Gasteiger partial charge is 0.522 e. The molecule has 0 radical (unpaired) electrons. The van der Waals surface area contributed by atoms with Crippen LogP contribution in [-0.4, -0.2) is 35.8 Å². The van der Waals surface area contributed by atoms with E-state index in [9.17, 15) is 13.2 Å². The van der Waals surface area contributed by atoms with Crippen molar-refractivity contribution < 1.29 is 27.1 Å². The molecule has 4 atom stereocenters. The van der Waals surface area contributed by atoms with Crippen molar-refractivity contribution in [2.75, 3.05) is 13.2 Å². The fourth-order valence-corrected chi connectivity index (χ4v) is 2.43. The second kappa shape index (κ2) is 6.69. The van der Waals surface area contributed by atoms with E-state index in [1.807, 2.05) is 0 Å². The zero-order chi connectivity index (χ0) is 15.0. The molecule has 126 valence electrons. The summed E-state index contributed by atoms with van der Waals surface area (Å²) in [5.41, 5.74) is 5.73. The summed E-state index contributed by atoms with van der Waals surface area (Å²) in [7, 11) is 0. The maximum atomic E-state index is 12.0. The molecule has 2 unspecified atom stereocenters. The molecule has 0 aromatic carbocycles. The van der Waals surface area contributed by atoms with Crippen molar-refractivity contribution in [2.24, 2.45) is 11.7 Å². The Morgan fingerprint density at radius 1 is 1.23 bits per heavy atom. The van der Waals surface area contributed by atoms with E-state index in [4.69, 9.17) is 14.9 Å². The van der Waals surface area contributed by atoms with Crippen molar-refractivity contribution in [3.8, 4) is 0 Å². The smallest absolute Gasteiger partial charge is 0.422 e. The monoisotopic (exact) mass is 343 g/mol. The first-order chi connectivity index (χ1) is 9.92. The fourth-order valence-electron chi connectivity index (χ4n) is 2.43. The minimum Gasteiger partial charge on any atom is -0.422 e. The minimum atomic E-state index is -4.60. The lowest BCUT2D eigenvalue weighted by molar-refractivity contribution is -0.326. The van der Waals surface area contributed by atoms with Crippen molar-refractivity contribution in [3.63, 3.8) is 0 Å². The molecule has 2 fully saturated rings. The molecule has 2 heterocycles. The van der Waals surface area contributed by atoms with Gasteiger partial charge in [-0.25, -0.2) is 0 Å². The van der Waals surface area contributed by atoms with Crippen LogP contribution in [0.15, 0.2) is 4.42 Å². The highest BCUT2D eigenvalue weighted by Crippen LogP contribution is 2.48. The van der Waals surface area contributed by atoms with Gasteiger partial charge >= 0.3 is 6.36 Å². The minimum absolute atomic E-state index is 0. The van der Waals surface area contributed by atoms with Crippen LogP contribution in [0, 0.1) is 5.92 Å². The number of nitrogens with two attached hydrogens (primary N) is 1. The lowest BCUT2D eigenvalue weighted by atomic mass is 10.1. The van der Waals surface area contributed by atoms with Gasteiger partial charge < -0.3 is 14.9 Å². The summed E-state index contributed by atoms with van der Waals surface area (Å²) >= 11 is 0. The first kappa shape index (κ1) is 17.5. The van der Waals surface area contributed by atoms with Crippen LogP contribution < -0.4 is 5.73 Å². The van der Waals surface area contributed by atoms with Gasteiger partial charge in [0.1, 0.15) is 6.10 Å². The number of hydrogen-bond acceptors (Lipinski definition) is 6. The summed E-state index contributed by atoms with van der Waals surface area (Å²) in [6.07, 6.45) is -2.78. The Bertz CT molecular complexity index is 491. The summed E-state index contributed by atoms with van der Waals surface area (Å²) in [6, 6.07) is 0.0240. The third-order valence-electron chi connectivity index (χ3n) is 3.74. The highest BCUT2D eigenvalue weighted by molar-refractivity contribution is 5.85. The van der Waals surface area contributed by atoms with Crippen LogP contribution in [-0.2, 0) is 9.47 Å². The molecule has 2 aliphatic rings. The molecular formula is C12H17ClF3N3O3.